The molecular formula is C25H27NO4. The molecule has 0 saturated carbocycles. The van der Waals surface area contributed by atoms with Crippen LogP contribution in [0.15, 0.2) is 66.7 Å². The normalized spacial score (nSPS) is 12.8. The van der Waals surface area contributed by atoms with Crippen molar-refractivity contribution in [3.05, 3.63) is 77.9 Å². The van der Waals surface area contributed by atoms with Gasteiger partial charge < -0.3 is 14.4 Å². The molecule has 0 fully saturated rings. The van der Waals surface area contributed by atoms with Gasteiger partial charge in [-0.05, 0) is 47.9 Å². The summed E-state index contributed by atoms with van der Waals surface area (Å²) in [6.07, 6.45) is 0. The van der Waals surface area contributed by atoms with E-state index in [1.807, 2.05) is 73.7 Å². The van der Waals surface area contributed by atoms with Crippen LogP contribution in [0.3, 0.4) is 0 Å². The maximum Gasteiger partial charge on any atom is 0.313 e. The Balaban J connectivity index is 1.61. The zero-order valence-electron chi connectivity index (χ0n) is 17.8. The molecule has 0 saturated heterocycles. The predicted octanol–water partition coefficient (Wildman–Crippen LogP) is 4.71. The molecule has 2 atom stereocenters. The first-order valence-corrected chi connectivity index (χ1v) is 9.95. The van der Waals surface area contributed by atoms with Crippen molar-refractivity contribution in [2.45, 2.75) is 25.8 Å². The second-order valence-corrected chi connectivity index (χ2v) is 7.39. The Bertz CT molecular complexity index is 1030. The van der Waals surface area contributed by atoms with Gasteiger partial charge in [0.1, 0.15) is 5.75 Å². The molecule has 3 rings (SSSR count). The van der Waals surface area contributed by atoms with E-state index < -0.39 is 11.9 Å². The number of likely N-dealkylation sites (N-methyl/N-ethyl adjacent to an activating group) is 1. The molecular weight excluding hydrogens is 378 g/mol. The van der Waals surface area contributed by atoms with Crippen molar-refractivity contribution in [1.82, 2.24) is 4.90 Å². The summed E-state index contributed by atoms with van der Waals surface area (Å²) in [6.45, 7) is 3.46. The van der Waals surface area contributed by atoms with Crippen LogP contribution in [-0.2, 0) is 14.3 Å². The van der Waals surface area contributed by atoms with Crippen LogP contribution in [0.1, 0.15) is 36.9 Å². The topological polar surface area (TPSA) is 55.8 Å². The molecule has 3 aromatic rings. The number of esters is 1. The van der Waals surface area contributed by atoms with E-state index in [1.165, 1.54) is 0 Å². The summed E-state index contributed by atoms with van der Waals surface area (Å²) >= 11 is 0. The first-order chi connectivity index (χ1) is 14.4. The van der Waals surface area contributed by atoms with Crippen LogP contribution in [0.4, 0.5) is 0 Å². The molecule has 0 unspecified atom stereocenters. The minimum atomic E-state index is -0.471. The average molecular weight is 405 g/mol. The van der Waals surface area contributed by atoms with E-state index in [4.69, 9.17) is 9.47 Å². The van der Waals surface area contributed by atoms with Crippen molar-refractivity contribution in [2.24, 2.45) is 0 Å². The molecule has 0 heterocycles. The van der Waals surface area contributed by atoms with Gasteiger partial charge in [0.15, 0.2) is 6.61 Å². The molecule has 0 N–H and O–H groups in total. The number of nitrogens with zero attached hydrogens (tertiary/aromatic N) is 1. The first-order valence-electron chi connectivity index (χ1n) is 9.95. The quantitative estimate of drug-likeness (QED) is 0.534. The number of carbonyl (C=O) groups is 2. The fourth-order valence-corrected chi connectivity index (χ4v) is 3.31. The summed E-state index contributed by atoms with van der Waals surface area (Å²) in [5.41, 5.74) is 1.87. The van der Waals surface area contributed by atoms with Crippen molar-refractivity contribution in [1.29, 1.82) is 0 Å². The number of hydrogen-bond donors (Lipinski definition) is 0. The zero-order valence-corrected chi connectivity index (χ0v) is 17.8. The van der Waals surface area contributed by atoms with E-state index in [2.05, 4.69) is 0 Å². The molecule has 0 aliphatic carbocycles. The molecule has 0 aliphatic rings. The molecule has 5 heteroatoms. The lowest BCUT2D eigenvalue weighted by Crippen LogP contribution is -2.33. The highest BCUT2D eigenvalue weighted by Crippen LogP contribution is 2.26. The first kappa shape index (κ1) is 21.4. The molecule has 5 nitrogen and oxygen atoms in total. The van der Waals surface area contributed by atoms with E-state index in [0.717, 1.165) is 27.6 Å². The maximum atomic E-state index is 12.5. The Morgan fingerprint density at radius 3 is 2.27 bits per heavy atom. The molecule has 3 aromatic carbocycles. The Morgan fingerprint density at radius 2 is 1.57 bits per heavy atom. The predicted molar refractivity (Wildman–Crippen MR) is 118 cm³/mol. The molecule has 0 spiro atoms. The third kappa shape index (κ3) is 4.79. The lowest BCUT2D eigenvalue weighted by molar-refractivity contribution is -0.153. The van der Waals surface area contributed by atoms with E-state index in [9.17, 15) is 9.59 Å². The van der Waals surface area contributed by atoms with Crippen molar-refractivity contribution < 1.29 is 19.1 Å². The number of benzene rings is 3. The maximum absolute atomic E-state index is 12.5. The van der Waals surface area contributed by atoms with Gasteiger partial charge in [0, 0.05) is 7.05 Å². The Hall–Kier alpha value is -3.34. The number of amides is 1. The van der Waals surface area contributed by atoms with Gasteiger partial charge in [-0.25, -0.2) is 0 Å². The molecule has 30 heavy (non-hydrogen) atoms. The number of methoxy groups -OCH3 is 1. The van der Waals surface area contributed by atoms with E-state index in [0.29, 0.717) is 0 Å². The van der Waals surface area contributed by atoms with Gasteiger partial charge in [-0.15, -0.1) is 0 Å². The highest BCUT2D eigenvalue weighted by Gasteiger charge is 2.22. The van der Waals surface area contributed by atoms with Gasteiger partial charge in [0.05, 0.1) is 19.1 Å². The molecule has 1 amide bonds. The van der Waals surface area contributed by atoms with Crippen LogP contribution < -0.4 is 4.74 Å². The van der Waals surface area contributed by atoms with Crippen LogP contribution in [0.2, 0.25) is 0 Å². The molecule has 0 aromatic heterocycles. The standard InChI is InChI=1S/C25H27NO4/c1-17(20-10-11-22-15-23(29-4)13-12-21(22)14-20)25(28)30-16-24(27)26(3)18(2)19-8-6-5-7-9-19/h5-15,17-18H,16H2,1-4H3/t17-,18-/m0/s1. The fourth-order valence-electron chi connectivity index (χ4n) is 3.31. The smallest absolute Gasteiger partial charge is 0.313 e. The summed E-state index contributed by atoms with van der Waals surface area (Å²) in [7, 11) is 3.35. The average Bonchev–Trinajstić information content (AvgIpc) is 2.80. The van der Waals surface area contributed by atoms with E-state index >= 15 is 0 Å². The summed E-state index contributed by atoms with van der Waals surface area (Å²) in [5.74, 6) is -0.342. The van der Waals surface area contributed by atoms with E-state index in [1.54, 1.807) is 26.0 Å². The lowest BCUT2D eigenvalue weighted by Gasteiger charge is -2.25. The number of hydrogen-bond acceptors (Lipinski definition) is 4. The second kappa shape index (κ2) is 9.44. The van der Waals surface area contributed by atoms with Gasteiger partial charge in [-0.2, -0.15) is 0 Å². The number of fused-ring (bicyclic) bond motifs is 1. The van der Waals surface area contributed by atoms with Gasteiger partial charge >= 0.3 is 5.97 Å². The highest BCUT2D eigenvalue weighted by atomic mass is 16.5. The molecule has 156 valence electrons. The van der Waals surface area contributed by atoms with Crippen LogP contribution in [0, 0.1) is 0 Å². The second-order valence-electron chi connectivity index (χ2n) is 7.39. The minimum Gasteiger partial charge on any atom is -0.497 e. The molecule has 0 aliphatic heterocycles. The molecule has 0 radical (unpaired) electrons. The summed E-state index contributed by atoms with van der Waals surface area (Å²) < 4.78 is 10.6. The van der Waals surface area contributed by atoms with Crippen LogP contribution >= 0.6 is 0 Å². The number of rotatable bonds is 7. The van der Waals surface area contributed by atoms with E-state index in [-0.39, 0.29) is 18.6 Å². The van der Waals surface area contributed by atoms with Crippen LogP contribution in [0.5, 0.6) is 5.75 Å². The minimum absolute atomic E-state index is 0.104. The SMILES string of the molecule is COc1ccc2cc([C@H](C)C(=O)OCC(=O)N(C)[C@@H](C)c3ccccc3)ccc2c1. The summed E-state index contributed by atoms with van der Waals surface area (Å²) in [6, 6.07) is 21.3. The van der Waals surface area contributed by atoms with Gasteiger partial charge in [-0.3, -0.25) is 9.59 Å². The van der Waals surface area contributed by atoms with Crippen molar-refractivity contribution in [3.8, 4) is 5.75 Å². The van der Waals surface area contributed by atoms with Crippen LogP contribution in [0.25, 0.3) is 10.8 Å². The van der Waals surface area contributed by atoms with Gasteiger partial charge in [-0.1, -0.05) is 54.6 Å². The van der Waals surface area contributed by atoms with Crippen molar-refractivity contribution in [3.63, 3.8) is 0 Å². The lowest BCUT2D eigenvalue weighted by atomic mass is 9.98. The summed E-state index contributed by atoms with van der Waals surface area (Å²) in [5, 5.41) is 2.05. The Labute approximate surface area is 177 Å². The third-order valence-electron chi connectivity index (χ3n) is 5.52. The zero-order chi connectivity index (χ0) is 21.7. The third-order valence-corrected chi connectivity index (χ3v) is 5.52. The van der Waals surface area contributed by atoms with Crippen molar-refractivity contribution in [2.75, 3.05) is 20.8 Å². The number of ether oxygens (including phenoxy) is 2. The summed E-state index contributed by atoms with van der Waals surface area (Å²) in [4.78, 5) is 26.6. The fraction of sp³-hybridized carbons (Fsp3) is 0.280. The highest BCUT2D eigenvalue weighted by molar-refractivity contribution is 5.87. The largest absolute Gasteiger partial charge is 0.497 e. The van der Waals surface area contributed by atoms with Crippen molar-refractivity contribution >= 4 is 22.6 Å². The van der Waals surface area contributed by atoms with Gasteiger partial charge in [0.2, 0.25) is 0 Å². The molecule has 0 bridgehead atoms. The van der Waals surface area contributed by atoms with Gasteiger partial charge in [0.25, 0.3) is 5.91 Å². The monoisotopic (exact) mass is 405 g/mol. The Kier molecular flexibility index (Phi) is 6.72. The van der Waals surface area contributed by atoms with Crippen LogP contribution in [-0.4, -0.2) is 37.5 Å². The number of carbonyl (C=O) groups excluding carboxylic acids is 2. The Morgan fingerprint density at radius 1 is 0.900 bits per heavy atom.